The first kappa shape index (κ1) is 10.7. The minimum Gasteiger partial charge on any atom is -0.353 e. The van der Waals surface area contributed by atoms with E-state index in [9.17, 15) is 0 Å². The lowest BCUT2D eigenvalue weighted by atomic mass is 9.94. The molecule has 0 aliphatic heterocycles. The molecule has 1 atom stereocenters. The highest BCUT2D eigenvalue weighted by Crippen LogP contribution is 2.24. The zero-order chi connectivity index (χ0) is 9.52. The van der Waals surface area contributed by atoms with Crippen LogP contribution in [0.5, 0.6) is 0 Å². The van der Waals surface area contributed by atoms with E-state index in [1.165, 1.54) is 12.8 Å². The van der Waals surface area contributed by atoms with Gasteiger partial charge in [-0.05, 0) is 33.1 Å². The van der Waals surface area contributed by atoms with Gasteiger partial charge in [0.1, 0.15) is 0 Å². The van der Waals surface area contributed by atoms with Crippen LogP contribution in [0.15, 0.2) is 12.2 Å². The van der Waals surface area contributed by atoms with Crippen LogP contribution in [-0.2, 0) is 9.47 Å². The van der Waals surface area contributed by atoms with Crippen molar-refractivity contribution in [2.45, 2.75) is 39.4 Å². The van der Waals surface area contributed by atoms with E-state index in [4.69, 9.17) is 9.47 Å². The predicted molar refractivity (Wildman–Crippen MR) is 53.5 cm³/mol. The van der Waals surface area contributed by atoms with Crippen LogP contribution in [0.1, 0.15) is 33.1 Å². The first-order valence-corrected chi connectivity index (χ1v) is 5.26. The van der Waals surface area contributed by atoms with Crippen molar-refractivity contribution in [3.05, 3.63) is 12.2 Å². The first-order valence-electron chi connectivity index (χ1n) is 5.26. The number of rotatable bonds is 5. The van der Waals surface area contributed by atoms with Crippen molar-refractivity contribution in [3.63, 3.8) is 0 Å². The maximum atomic E-state index is 5.57. The van der Waals surface area contributed by atoms with Gasteiger partial charge in [0.2, 0.25) is 0 Å². The van der Waals surface area contributed by atoms with Crippen LogP contribution in [0, 0.1) is 5.92 Å². The summed E-state index contributed by atoms with van der Waals surface area (Å²) < 4.78 is 11.1. The van der Waals surface area contributed by atoms with Gasteiger partial charge in [0.15, 0.2) is 6.29 Å². The summed E-state index contributed by atoms with van der Waals surface area (Å²) >= 11 is 0. The normalized spacial score (nSPS) is 22.5. The van der Waals surface area contributed by atoms with Gasteiger partial charge in [-0.2, -0.15) is 0 Å². The number of ether oxygens (including phenoxy) is 2. The van der Waals surface area contributed by atoms with Gasteiger partial charge in [-0.25, -0.2) is 0 Å². The SMILES string of the molecule is CCOC(OCC)[C@@H]1CC=CCC1. The van der Waals surface area contributed by atoms with E-state index in [1.807, 2.05) is 13.8 Å². The summed E-state index contributed by atoms with van der Waals surface area (Å²) in [6.07, 6.45) is 7.96. The van der Waals surface area contributed by atoms with Crippen LogP contribution in [0.3, 0.4) is 0 Å². The van der Waals surface area contributed by atoms with Crippen molar-refractivity contribution in [3.8, 4) is 0 Å². The van der Waals surface area contributed by atoms with Crippen LogP contribution in [0.2, 0.25) is 0 Å². The second-order valence-electron chi connectivity index (χ2n) is 3.32. The molecule has 1 aliphatic rings. The van der Waals surface area contributed by atoms with Crippen molar-refractivity contribution in [1.82, 2.24) is 0 Å². The number of hydrogen-bond donors (Lipinski definition) is 0. The van der Waals surface area contributed by atoms with E-state index in [-0.39, 0.29) is 6.29 Å². The van der Waals surface area contributed by atoms with Crippen molar-refractivity contribution in [2.75, 3.05) is 13.2 Å². The van der Waals surface area contributed by atoms with E-state index < -0.39 is 0 Å². The molecule has 2 heteroatoms. The van der Waals surface area contributed by atoms with Gasteiger partial charge in [0.05, 0.1) is 0 Å². The van der Waals surface area contributed by atoms with Crippen LogP contribution in [-0.4, -0.2) is 19.5 Å². The Hall–Kier alpha value is -0.340. The fourth-order valence-electron chi connectivity index (χ4n) is 1.71. The van der Waals surface area contributed by atoms with Gasteiger partial charge in [-0.3, -0.25) is 0 Å². The lowest BCUT2D eigenvalue weighted by Gasteiger charge is -2.27. The average molecular weight is 184 g/mol. The van der Waals surface area contributed by atoms with E-state index in [0.717, 1.165) is 19.6 Å². The molecule has 0 fully saturated rings. The molecule has 1 aliphatic carbocycles. The highest BCUT2D eigenvalue weighted by molar-refractivity contribution is 4.91. The zero-order valence-corrected chi connectivity index (χ0v) is 8.66. The summed E-state index contributed by atoms with van der Waals surface area (Å²) in [5.41, 5.74) is 0. The molecule has 0 aromatic rings. The molecule has 0 aromatic heterocycles. The molecular formula is C11H20O2. The van der Waals surface area contributed by atoms with Crippen molar-refractivity contribution < 1.29 is 9.47 Å². The smallest absolute Gasteiger partial charge is 0.160 e. The predicted octanol–water partition coefficient (Wildman–Crippen LogP) is 2.74. The van der Waals surface area contributed by atoms with E-state index >= 15 is 0 Å². The van der Waals surface area contributed by atoms with Gasteiger partial charge < -0.3 is 9.47 Å². The average Bonchev–Trinajstić information content (AvgIpc) is 2.19. The van der Waals surface area contributed by atoms with Crippen molar-refractivity contribution in [2.24, 2.45) is 5.92 Å². The molecule has 0 unspecified atom stereocenters. The second kappa shape index (κ2) is 6.17. The third kappa shape index (κ3) is 3.49. The summed E-state index contributed by atoms with van der Waals surface area (Å²) in [7, 11) is 0. The summed E-state index contributed by atoms with van der Waals surface area (Å²) in [5.74, 6) is 0.560. The molecule has 0 spiro atoms. The molecule has 0 N–H and O–H groups in total. The third-order valence-electron chi connectivity index (χ3n) is 2.36. The maximum Gasteiger partial charge on any atom is 0.160 e. The lowest BCUT2D eigenvalue weighted by molar-refractivity contribution is -0.168. The molecule has 76 valence electrons. The van der Waals surface area contributed by atoms with Gasteiger partial charge in [0.25, 0.3) is 0 Å². The number of allylic oxidation sites excluding steroid dienone is 2. The highest BCUT2D eigenvalue weighted by Gasteiger charge is 2.21. The monoisotopic (exact) mass is 184 g/mol. The van der Waals surface area contributed by atoms with Crippen molar-refractivity contribution >= 4 is 0 Å². The van der Waals surface area contributed by atoms with Crippen LogP contribution in [0.4, 0.5) is 0 Å². The Morgan fingerprint density at radius 1 is 1.23 bits per heavy atom. The molecule has 1 rings (SSSR count). The Morgan fingerprint density at radius 2 is 1.92 bits per heavy atom. The Bertz CT molecular complexity index is 148. The van der Waals surface area contributed by atoms with Gasteiger partial charge >= 0.3 is 0 Å². The molecule has 0 heterocycles. The Balaban J connectivity index is 2.37. The molecule has 0 saturated carbocycles. The molecule has 2 nitrogen and oxygen atoms in total. The Kier molecular flexibility index (Phi) is 5.09. The number of hydrogen-bond acceptors (Lipinski definition) is 2. The molecule has 0 radical (unpaired) electrons. The second-order valence-corrected chi connectivity index (χ2v) is 3.32. The fraction of sp³-hybridized carbons (Fsp3) is 0.818. The fourth-order valence-corrected chi connectivity index (χ4v) is 1.71. The summed E-state index contributed by atoms with van der Waals surface area (Å²) in [4.78, 5) is 0. The van der Waals surface area contributed by atoms with E-state index in [0.29, 0.717) is 5.92 Å². The highest BCUT2D eigenvalue weighted by atomic mass is 16.7. The van der Waals surface area contributed by atoms with Crippen LogP contribution >= 0.6 is 0 Å². The lowest BCUT2D eigenvalue weighted by Crippen LogP contribution is -2.28. The van der Waals surface area contributed by atoms with E-state index in [2.05, 4.69) is 12.2 Å². The zero-order valence-electron chi connectivity index (χ0n) is 8.66. The first-order chi connectivity index (χ1) is 6.38. The maximum absolute atomic E-state index is 5.57. The molecule has 13 heavy (non-hydrogen) atoms. The molecule has 0 aromatic carbocycles. The van der Waals surface area contributed by atoms with Gasteiger partial charge in [-0.1, -0.05) is 12.2 Å². The largest absolute Gasteiger partial charge is 0.353 e. The summed E-state index contributed by atoms with van der Waals surface area (Å²) in [5, 5.41) is 0. The Morgan fingerprint density at radius 3 is 2.38 bits per heavy atom. The van der Waals surface area contributed by atoms with Crippen molar-refractivity contribution in [1.29, 1.82) is 0 Å². The quantitative estimate of drug-likeness (QED) is 0.483. The topological polar surface area (TPSA) is 18.5 Å². The summed E-state index contributed by atoms with van der Waals surface area (Å²) in [6.45, 7) is 5.52. The molecular weight excluding hydrogens is 164 g/mol. The molecule has 0 bridgehead atoms. The standard InChI is InChI=1S/C11H20O2/c1-3-12-11(13-4-2)10-8-6-5-7-9-10/h5-6,10-11H,3-4,7-9H2,1-2H3/t10-/m1/s1. The molecule has 0 amide bonds. The third-order valence-corrected chi connectivity index (χ3v) is 2.36. The molecule has 0 saturated heterocycles. The Labute approximate surface area is 80.9 Å². The van der Waals surface area contributed by atoms with Crippen LogP contribution in [0.25, 0.3) is 0 Å². The summed E-state index contributed by atoms with van der Waals surface area (Å²) in [6, 6.07) is 0. The minimum absolute atomic E-state index is 0.0138. The van der Waals surface area contributed by atoms with Gasteiger partial charge in [-0.15, -0.1) is 0 Å². The minimum atomic E-state index is 0.0138. The van der Waals surface area contributed by atoms with Gasteiger partial charge in [0, 0.05) is 19.1 Å². The van der Waals surface area contributed by atoms with Crippen LogP contribution < -0.4 is 0 Å². The van der Waals surface area contributed by atoms with E-state index in [1.54, 1.807) is 0 Å².